The van der Waals surface area contributed by atoms with Crippen molar-refractivity contribution in [1.29, 1.82) is 0 Å². The number of esters is 1. The monoisotopic (exact) mass is 261 g/mol. The van der Waals surface area contributed by atoms with Gasteiger partial charge in [0.1, 0.15) is 5.54 Å². The summed E-state index contributed by atoms with van der Waals surface area (Å²) in [5.74, 6) is -0.198. The summed E-state index contributed by atoms with van der Waals surface area (Å²) >= 11 is 0. The highest BCUT2D eigenvalue weighted by atomic mass is 16.5. The zero-order valence-electron chi connectivity index (χ0n) is 12.1. The van der Waals surface area contributed by atoms with E-state index >= 15 is 0 Å². The molecule has 0 heterocycles. The van der Waals surface area contributed by atoms with Crippen LogP contribution < -0.4 is 5.32 Å². The van der Waals surface area contributed by atoms with E-state index in [9.17, 15) is 4.79 Å². The summed E-state index contributed by atoms with van der Waals surface area (Å²) in [5, 5.41) is 3.28. The van der Waals surface area contributed by atoms with Gasteiger partial charge in [0.15, 0.2) is 0 Å². The zero-order valence-corrected chi connectivity index (χ0v) is 12.1. The fraction of sp³-hybridized carbons (Fsp3) is 0.562. The van der Waals surface area contributed by atoms with Gasteiger partial charge < -0.3 is 4.74 Å². The number of carbonyl (C=O) groups is 1. The number of hydrogen-bond donors (Lipinski definition) is 1. The van der Waals surface area contributed by atoms with Crippen LogP contribution in [0.15, 0.2) is 18.2 Å². The lowest BCUT2D eigenvalue weighted by atomic mass is 10.0. The number of rotatable bonds is 5. The highest BCUT2D eigenvalue weighted by Gasteiger charge is 2.28. The highest BCUT2D eigenvalue weighted by Crippen LogP contribution is 2.23. The highest BCUT2D eigenvalue weighted by molar-refractivity contribution is 5.79. The standard InChI is InChI=1S/C16H23NO2/c1-4-19-15(18)16(2,3)17-11-12-8-9-13-6-5-7-14(13)10-12/h8-10,17H,4-7,11H2,1-3H3. The van der Waals surface area contributed by atoms with E-state index in [0.29, 0.717) is 13.2 Å². The Hall–Kier alpha value is -1.35. The Bertz CT molecular complexity index is 466. The molecule has 3 heteroatoms. The molecule has 0 aromatic heterocycles. The first-order valence-corrected chi connectivity index (χ1v) is 7.06. The summed E-state index contributed by atoms with van der Waals surface area (Å²) in [5.41, 5.74) is 3.54. The molecule has 104 valence electrons. The van der Waals surface area contributed by atoms with Gasteiger partial charge in [0.2, 0.25) is 0 Å². The predicted octanol–water partition coefficient (Wildman–Crippen LogP) is 2.61. The van der Waals surface area contributed by atoms with E-state index in [1.807, 2.05) is 20.8 Å². The van der Waals surface area contributed by atoms with Crippen molar-refractivity contribution < 1.29 is 9.53 Å². The SMILES string of the molecule is CCOC(=O)C(C)(C)NCc1ccc2c(c1)CCC2. The van der Waals surface area contributed by atoms with Crippen molar-refractivity contribution in [3.63, 3.8) is 0 Å². The van der Waals surface area contributed by atoms with E-state index in [4.69, 9.17) is 4.74 Å². The zero-order chi connectivity index (χ0) is 13.9. The predicted molar refractivity (Wildman–Crippen MR) is 76.0 cm³/mol. The van der Waals surface area contributed by atoms with E-state index in [1.165, 1.54) is 36.0 Å². The first kappa shape index (κ1) is 14.1. The van der Waals surface area contributed by atoms with Crippen LogP contribution in [0.2, 0.25) is 0 Å². The van der Waals surface area contributed by atoms with Crippen molar-refractivity contribution in [2.24, 2.45) is 0 Å². The molecule has 3 nitrogen and oxygen atoms in total. The van der Waals surface area contributed by atoms with Gasteiger partial charge in [-0.15, -0.1) is 0 Å². The van der Waals surface area contributed by atoms with Crippen molar-refractivity contribution in [2.75, 3.05) is 6.61 Å². The van der Waals surface area contributed by atoms with Crippen LogP contribution in [-0.2, 0) is 28.9 Å². The maximum Gasteiger partial charge on any atom is 0.325 e. The number of fused-ring (bicyclic) bond motifs is 1. The van der Waals surface area contributed by atoms with Crippen molar-refractivity contribution in [3.05, 3.63) is 34.9 Å². The Morgan fingerprint density at radius 2 is 2.05 bits per heavy atom. The second-order valence-electron chi connectivity index (χ2n) is 5.66. The van der Waals surface area contributed by atoms with Gasteiger partial charge in [0, 0.05) is 6.54 Å². The van der Waals surface area contributed by atoms with Gasteiger partial charge in [-0.25, -0.2) is 0 Å². The third kappa shape index (κ3) is 3.35. The molecule has 0 atom stereocenters. The number of benzene rings is 1. The van der Waals surface area contributed by atoms with Crippen LogP contribution in [-0.4, -0.2) is 18.1 Å². The summed E-state index contributed by atoms with van der Waals surface area (Å²) in [7, 11) is 0. The lowest BCUT2D eigenvalue weighted by molar-refractivity contribution is -0.149. The molecule has 1 aliphatic carbocycles. The molecule has 0 spiro atoms. The van der Waals surface area contributed by atoms with Gasteiger partial charge in [-0.05, 0) is 56.7 Å². The van der Waals surface area contributed by atoms with Gasteiger partial charge in [0.05, 0.1) is 6.61 Å². The molecule has 1 N–H and O–H groups in total. The van der Waals surface area contributed by atoms with Gasteiger partial charge in [-0.2, -0.15) is 0 Å². The summed E-state index contributed by atoms with van der Waals surface area (Å²) in [6.45, 7) is 6.66. The fourth-order valence-corrected chi connectivity index (χ4v) is 2.44. The van der Waals surface area contributed by atoms with Crippen molar-refractivity contribution in [2.45, 2.75) is 52.1 Å². The van der Waals surface area contributed by atoms with Crippen LogP contribution in [0, 0.1) is 0 Å². The third-order valence-electron chi connectivity index (χ3n) is 3.68. The van der Waals surface area contributed by atoms with E-state index in [1.54, 1.807) is 0 Å². The summed E-state index contributed by atoms with van der Waals surface area (Å²) in [6.07, 6.45) is 3.66. The molecule has 0 saturated carbocycles. The Labute approximate surface area is 115 Å². The molecule has 19 heavy (non-hydrogen) atoms. The van der Waals surface area contributed by atoms with Gasteiger partial charge >= 0.3 is 5.97 Å². The van der Waals surface area contributed by atoms with Gasteiger partial charge in [0.25, 0.3) is 0 Å². The van der Waals surface area contributed by atoms with E-state index < -0.39 is 5.54 Å². The first-order chi connectivity index (χ1) is 9.03. The number of carbonyl (C=O) groups excluding carboxylic acids is 1. The quantitative estimate of drug-likeness (QED) is 0.828. The topological polar surface area (TPSA) is 38.3 Å². The fourth-order valence-electron chi connectivity index (χ4n) is 2.44. The normalized spacial score (nSPS) is 14.3. The molecule has 0 unspecified atom stereocenters. The minimum Gasteiger partial charge on any atom is -0.465 e. The average Bonchev–Trinajstić information content (AvgIpc) is 2.84. The molecule has 0 aliphatic heterocycles. The summed E-state index contributed by atoms with van der Waals surface area (Å²) < 4.78 is 5.07. The van der Waals surface area contributed by atoms with Crippen LogP contribution in [0.4, 0.5) is 0 Å². The van der Waals surface area contributed by atoms with Crippen LogP contribution >= 0.6 is 0 Å². The van der Waals surface area contributed by atoms with E-state index in [0.717, 1.165) is 0 Å². The molecule has 1 aliphatic rings. The minimum atomic E-state index is -0.644. The summed E-state index contributed by atoms with van der Waals surface area (Å²) in [6, 6.07) is 6.63. The van der Waals surface area contributed by atoms with E-state index in [2.05, 4.69) is 23.5 Å². The maximum atomic E-state index is 11.8. The molecule has 2 rings (SSSR count). The van der Waals surface area contributed by atoms with E-state index in [-0.39, 0.29) is 5.97 Å². The number of aryl methyl sites for hydroxylation is 2. The van der Waals surface area contributed by atoms with Crippen LogP contribution in [0.1, 0.15) is 43.9 Å². The Balaban J connectivity index is 1.96. The number of nitrogens with one attached hydrogen (secondary N) is 1. The smallest absolute Gasteiger partial charge is 0.325 e. The molecule has 0 radical (unpaired) electrons. The second-order valence-corrected chi connectivity index (χ2v) is 5.66. The van der Waals surface area contributed by atoms with Gasteiger partial charge in [-0.1, -0.05) is 18.2 Å². The molecule has 1 aromatic carbocycles. The Morgan fingerprint density at radius 3 is 2.79 bits per heavy atom. The third-order valence-corrected chi connectivity index (χ3v) is 3.68. The molecular formula is C16H23NO2. The lowest BCUT2D eigenvalue weighted by Gasteiger charge is -2.24. The van der Waals surface area contributed by atoms with Crippen molar-refractivity contribution in [3.8, 4) is 0 Å². The van der Waals surface area contributed by atoms with Crippen LogP contribution in [0.5, 0.6) is 0 Å². The Morgan fingerprint density at radius 1 is 1.32 bits per heavy atom. The van der Waals surface area contributed by atoms with Gasteiger partial charge in [-0.3, -0.25) is 10.1 Å². The minimum absolute atomic E-state index is 0.198. The number of hydrogen-bond acceptors (Lipinski definition) is 3. The maximum absolute atomic E-state index is 11.8. The number of ether oxygens (including phenoxy) is 1. The van der Waals surface area contributed by atoms with Crippen LogP contribution in [0.25, 0.3) is 0 Å². The molecule has 1 aromatic rings. The molecule has 0 bridgehead atoms. The molecular weight excluding hydrogens is 238 g/mol. The molecule has 0 saturated heterocycles. The molecule has 0 fully saturated rings. The molecule has 0 amide bonds. The summed E-state index contributed by atoms with van der Waals surface area (Å²) in [4.78, 5) is 11.8. The Kier molecular flexibility index (Phi) is 4.25. The second kappa shape index (κ2) is 5.74. The van der Waals surface area contributed by atoms with Crippen molar-refractivity contribution in [1.82, 2.24) is 5.32 Å². The lowest BCUT2D eigenvalue weighted by Crippen LogP contribution is -2.47. The van der Waals surface area contributed by atoms with Crippen molar-refractivity contribution >= 4 is 5.97 Å². The average molecular weight is 261 g/mol. The first-order valence-electron chi connectivity index (χ1n) is 7.06. The largest absolute Gasteiger partial charge is 0.465 e. The van der Waals surface area contributed by atoms with Crippen LogP contribution in [0.3, 0.4) is 0 Å².